The minimum Gasteiger partial charge on any atom is -0.481 e. The molecule has 22 nitrogen and oxygen atoms in total. The number of nitrogens with zero attached hydrogens (tertiary/aromatic N) is 6. The van der Waals surface area contributed by atoms with Crippen LogP contribution in [0.2, 0.25) is 30.1 Å². The molecule has 12 rings (SSSR count). The van der Waals surface area contributed by atoms with Crippen molar-refractivity contribution in [3.8, 4) is 0 Å². The number of rotatable bonds is 20. The van der Waals surface area contributed by atoms with E-state index in [1.807, 2.05) is 80.5 Å². The summed E-state index contributed by atoms with van der Waals surface area (Å²) in [4.78, 5) is 133. The summed E-state index contributed by atoms with van der Waals surface area (Å²) in [6.07, 6.45) is 10.7. The monoisotopic (exact) mass is 1880 g/mol. The number of amides is 5. The van der Waals surface area contributed by atoms with Gasteiger partial charge in [0, 0.05) is 77.6 Å². The highest BCUT2D eigenvalue weighted by Gasteiger charge is 2.56. The number of carboxylic acids is 2. The Kier molecular flexibility index (Phi) is 34.9. The molecule has 688 valence electrons. The van der Waals surface area contributed by atoms with Gasteiger partial charge in [0.25, 0.3) is 29.5 Å². The number of nitrogens with two attached hydrogens (primary N) is 1. The highest BCUT2D eigenvalue weighted by atomic mass is 35.5. The minimum atomic E-state index is -0.975. The zero-order chi connectivity index (χ0) is 93.3. The molecule has 3 aliphatic carbocycles. The van der Waals surface area contributed by atoms with Crippen molar-refractivity contribution in [2.24, 2.45) is 54.7 Å². The molecule has 0 unspecified atom stereocenters. The van der Waals surface area contributed by atoms with Gasteiger partial charge in [-0.05, 0) is 281 Å². The second kappa shape index (κ2) is 42.6. The number of carboxylic acid groups (broad SMARTS) is 2. The first-order valence-electron chi connectivity index (χ1n) is 43.3. The van der Waals surface area contributed by atoms with E-state index >= 15 is 0 Å². The Balaban J connectivity index is 0.000000223. The lowest BCUT2D eigenvalue weighted by Crippen LogP contribution is -2.50. The van der Waals surface area contributed by atoms with E-state index in [9.17, 15) is 48.3 Å². The molecule has 0 bridgehead atoms. The van der Waals surface area contributed by atoms with Crippen LogP contribution in [0.1, 0.15) is 304 Å². The molecule has 6 aromatic carbocycles. The Morgan fingerprint density at radius 2 is 0.654 bits per heavy atom. The van der Waals surface area contributed by atoms with Gasteiger partial charge in [-0.2, -0.15) is 0 Å². The largest absolute Gasteiger partial charge is 0.481 e. The molecule has 6 N–H and O–H groups in total. The van der Waals surface area contributed by atoms with Crippen LogP contribution in [-0.2, 0) is 38.2 Å². The van der Waals surface area contributed by atoms with Crippen LogP contribution in [0.25, 0.3) is 0 Å². The van der Waals surface area contributed by atoms with Gasteiger partial charge in [0.15, 0.2) is 0 Å². The summed E-state index contributed by atoms with van der Waals surface area (Å²) in [6, 6.07) is 35.5. The van der Waals surface area contributed by atoms with Crippen LogP contribution in [-0.4, -0.2) is 143 Å². The Hall–Kier alpha value is -8.45. The molecular formula is C98H124Cl7N9O13. The number of aromatic carboxylic acids is 1. The normalized spacial score (nSPS) is 21.3. The van der Waals surface area contributed by atoms with Crippen molar-refractivity contribution in [1.29, 1.82) is 0 Å². The molecule has 0 saturated heterocycles. The summed E-state index contributed by atoms with van der Waals surface area (Å²) in [6.45, 7) is 37.9. The fourth-order valence-electron chi connectivity index (χ4n) is 17.8. The summed E-state index contributed by atoms with van der Waals surface area (Å²) in [5.41, 5.74) is 9.51. The van der Waals surface area contributed by atoms with Gasteiger partial charge in [0.05, 0.1) is 43.0 Å². The van der Waals surface area contributed by atoms with Crippen molar-refractivity contribution in [3.05, 3.63) is 208 Å². The van der Waals surface area contributed by atoms with E-state index < -0.39 is 34.5 Å². The molecule has 6 aromatic rings. The van der Waals surface area contributed by atoms with E-state index in [0.717, 1.165) is 93.7 Å². The number of ether oxygens (including phenoxy) is 2. The average molecular weight is 1880 g/mol. The molecule has 127 heavy (non-hydrogen) atoms. The number of aliphatic imine (C=N–C) groups is 3. The number of hydrogen-bond acceptors (Lipinski definition) is 15. The van der Waals surface area contributed by atoms with Gasteiger partial charge in [-0.1, -0.05) is 168 Å². The lowest BCUT2D eigenvalue weighted by molar-refractivity contribution is -0.155. The van der Waals surface area contributed by atoms with E-state index in [2.05, 4.69) is 72.9 Å². The van der Waals surface area contributed by atoms with Crippen LogP contribution in [0, 0.1) is 34.0 Å². The van der Waals surface area contributed by atoms with Gasteiger partial charge in [-0.15, -0.1) is 12.4 Å². The molecule has 3 fully saturated rings. The number of carbonyl (C=O) groups is 9. The van der Waals surface area contributed by atoms with Gasteiger partial charge in [0.1, 0.15) is 45.3 Å². The third kappa shape index (κ3) is 26.9. The first kappa shape index (κ1) is 104. The molecule has 29 heteroatoms. The number of hydrogen-bond donors (Lipinski definition) is 5. The van der Waals surface area contributed by atoms with Crippen molar-refractivity contribution < 1.29 is 62.8 Å². The Morgan fingerprint density at radius 1 is 0.409 bits per heavy atom. The molecule has 3 atom stereocenters. The molecule has 6 aliphatic rings. The van der Waals surface area contributed by atoms with E-state index in [0.29, 0.717) is 106 Å². The lowest BCUT2D eigenvalue weighted by Gasteiger charge is -2.46. The van der Waals surface area contributed by atoms with Gasteiger partial charge in [-0.25, -0.2) is 4.79 Å². The van der Waals surface area contributed by atoms with Gasteiger partial charge in [-0.3, -0.25) is 53.3 Å². The number of carbonyl (C=O) groups excluding carboxylic acids is 7. The molecular weight excluding hydrogens is 1760 g/mol. The molecule has 3 heterocycles. The second-order valence-electron chi connectivity index (χ2n) is 39.1. The summed E-state index contributed by atoms with van der Waals surface area (Å²) in [5, 5.41) is 26.2. The highest BCUT2D eigenvalue weighted by Crippen LogP contribution is 2.53. The Morgan fingerprint density at radius 3 is 0.882 bits per heavy atom. The van der Waals surface area contributed by atoms with Gasteiger partial charge in [0.2, 0.25) is 0 Å². The van der Waals surface area contributed by atoms with Crippen LogP contribution in [0.3, 0.4) is 0 Å². The minimum absolute atomic E-state index is 0. The summed E-state index contributed by atoms with van der Waals surface area (Å²) in [5.74, 6) is -1.98. The standard InChI is InChI=1S/C34H43Cl2N3O4.C30H35Cl2N3O4.C27H30Cl2N2O3.C7H15NO2.ClH/c1-21(22-8-10-23(11-9-22)30(41)37-17-14-28(40)43-33(5,6)7)39-31(42)29(24-18-26(35)20-27(36)19-24)38-34(39)15-12-25(13-16-34)32(2,3)4;1-18(19-5-7-20(8-6-19)27(38)33-14-11-25(36)37)35-28(39)26(21-15-23(31)17-24(32)16-21)34-30(35)12-9-22(10-13-30)29(2,3)4;1-16(17-5-7-18(8-6-17)25(33)34)31-24(32)23(19-13-21(28)15-22(29)14-19)30-27(31)11-9-20(10-12-27)26(2,3)4;1-7(2,3)10-6(9)4-5-8;/h8-11,18-21,25H,12-17H2,1-7H3,(H,37,41);5-8,15-18,22H,9-14H2,1-4H3,(H,33,38)(H,36,37);5-8,13-16,20H,9-12H2,1-4H3,(H,33,34);4-5,8H2,1-3H3;1H/t21-,25?,34?;18-,22?,30?;16-,20?,27?;;/m111../s1. The number of esters is 2. The van der Waals surface area contributed by atoms with Gasteiger partial charge < -0.3 is 50.8 Å². The molecule has 3 spiro atoms. The summed E-state index contributed by atoms with van der Waals surface area (Å²) >= 11 is 37.7. The Labute approximate surface area is 784 Å². The zero-order valence-electron chi connectivity index (χ0n) is 76.1. The maximum absolute atomic E-state index is 14.1. The van der Waals surface area contributed by atoms with Crippen LogP contribution in [0.15, 0.2) is 142 Å². The Bertz CT molecular complexity index is 5020. The van der Waals surface area contributed by atoms with Crippen LogP contribution < -0.4 is 16.4 Å². The van der Waals surface area contributed by atoms with E-state index in [1.54, 1.807) is 124 Å². The topological polar surface area (TPSA) is 309 Å². The fourth-order valence-corrected chi connectivity index (χ4v) is 19.4. The van der Waals surface area contributed by atoms with Gasteiger partial charge >= 0.3 is 23.9 Å². The molecule has 3 saturated carbocycles. The highest BCUT2D eigenvalue weighted by molar-refractivity contribution is 6.49. The number of nitrogens with one attached hydrogen (secondary N) is 2. The van der Waals surface area contributed by atoms with E-state index in [1.165, 1.54) is 0 Å². The lowest BCUT2D eigenvalue weighted by atomic mass is 9.69. The van der Waals surface area contributed by atoms with Crippen molar-refractivity contribution in [2.45, 2.75) is 267 Å². The fraction of sp³-hybridized carbons (Fsp3) is 0.510. The molecule has 0 aromatic heterocycles. The summed E-state index contributed by atoms with van der Waals surface area (Å²) < 4.78 is 10.3. The van der Waals surface area contributed by atoms with E-state index in [-0.39, 0.29) is 125 Å². The molecule has 5 amide bonds. The maximum Gasteiger partial charge on any atom is 0.335 e. The smallest absolute Gasteiger partial charge is 0.335 e. The SMILES string of the molecule is CC(C)(C)OC(=O)CCN.C[C@H](c1ccc(C(=O)NCCC(=O)O)cc1)N1C(=O)C(c2cc(Cl)cc(Cl)c2)=NC12CCC(C(C)(C)C)CC2.C[C@H](c1ccc(C(=O)NCCC(=O)OC(C)(C)C)cc1)N1C(=O)C(c2cc(Cl)cc(Cl)c2)=NC12CCC(C(C)(C)C)CC2.C[C@H](c1ccc(C(=O)O)cc1)N1C(=O)C(c2cc(Cl)cc(Cl)c2)=NC12CCC(C(C)(C)C)CC2.Cl. The number of halogens is 7. The van der Waals surface area contributed by atoms with Crippen LogP contribution in [0.4, 0.5) is 0 Å². The van der Waals surface area contributed by atoms with Crippen LogP contribution in [0.5, 0.6) is 0 Å². The van der Waals surface area contributed by atoms with Crippen LogP contribution >= 0.6 is 82.0 Å². The average Bonchev–Trinajstić information content (AvgIpc) is 1.60. The van der Waals surface area contributed by atoms with E-state index in [4.69, 9.17) is 105 Å². The van der Waals surface area contributed by atoms with Crippen molar-refractivity contribution >= 4 is 153 Å². The predicted molar refractivity (Wildman–Crippen MR) is 508 cm³/mol. The number of benzene rings is 6. The first-order valence-corrected chi connectivity index (χ1v) is 45.6. The van der Waals surface area contributed by atoms with Crippen molar-refractivity contribution in [2.75, 3.05) is 19.6 Å². The van der Waals surface area contributed by atoms with Crippen molar-refractivity contribution in [3.63, 3.8) is 0 Å². The second-order valence-corrected chi connectivity index (χ2v) is 41.7. The molecule has 3 aliphatic heterocycles. The zero-order valence-corrected chi connectivity index (χ0v) is 81.5. The first-order chi connectivity index (χ1) is 58.7. The molecule has 0 radical (unpaired) electrons. The third-order valence-corrected chi connectivity index (χ3v) is 25.9. The summed E-state index contributed by atoms with van der Waals surface area (Å²) in [7, 11) is 0. The predicted octanol–water partition coefficient (Wildman–Crippen LogP) is 22.4. The maximum atomic E-state index is 14.1. The quantitative estimate of drug-likeness (QED) is 0.0444. The number of aliphatic carboxylic acids is 1. The van der Waals surface area contributed by atoms with Crippen molar-refractivity contribution in [1.82, 2.24) is 25.3 Å². The third-order valence-electron chi connectivity index (χ3n) is 24.6.